The van der Waals surface area contributed by atoms with E-state index in [9.17, 15) is 0 Å². The van der Waals surface area contributed by atoms with Gasteiger partial charge in [-0.2, -0.15) is 0 Å². The molecule has 0 amide bonds. The first-order valence-electron chi connectivity index (χ1n) is 13.4. The van der Waals surface area contributed by atoms with Crippen LogP contribution < -0.4 is 10.2 Å². The van der Waals surface area contributed by atoms with Gasteiger partial charge in [-0.05, 0) is 85.9 Å². The Balaban J connectivity index is 2.37. The van der Waals surface area contributed by atoms with Crippen molar-refractivity contribution in [1.29, 1.82) is 0 Å². The van der Waals surface area contributed by atoms with Gasteiger partial charge in [0.1, 0.15) is 19.6 Å². The van der Waals surface area contributed by atoms with E-state index in [4.69, 9.17) is 18.8 Å². The molecule has 1 fully saturated rings. The molecule has 37 heavy (non-hydrogen) atoms. The summed E-state index contributed by atoms with van der Waals surface area (Å²) in [6, 6.07) is 5.64. The van der Waals surface area contributed by atoms with Gasteiger partial charge < -0.3 is 18.8 Å². The van der Waals surface area contributed by atoms with Crippen molar-refractivity contribution in [3.05, 3.63) is 35.1 Å². The largest absolute Gasteiger partial charge is 0.495 e. The van der Waals surface area contributed by atoms with Gasteiger partial charge in [0.25, 0.3) is 0 Å². The maximum absolute atomic E-state index is 16.0. The Labute approximate surface area is 224 Å². The summed E-state index contributed by atoms with van der Waals surface area (Å²) in [6.07, 6.45) is 0. The highest BCUT2D eigenvalue weighted by molar-refractivity contribution is 6.90. The molecule has 1 heterocycles. The summed E-state index contributed by atoms with van der Waals surface area (Å²) in [5.74, 6) is 3.73. The maximum atomic E-state index is 16.0. The van der Waals surface area contributed by atoms with E-state index in [1.54, 1.807) is 14.0 Å². The summed E-state index contributed by atoms with van der Waals surface area (Å²) in [5.41, 5.74) is 5.64. The second kappa shape index (κ2) is 10.7. The molecule has 0 atom stereocenters. The zero-order valence-corrected chi connectivity index (χ0v) is 25.8. The van der Waals surface area contributed by atoms with Gasteiger partial charge in [-0.3, -0.25) is 0 Å². The molecule has 0 bridgehead atoms. The van der Waals surface area contributed by atoms with E-state index in [0.717, 1.165) is 16.2 Å². The van der Waals surface area contributed by atoms with E-state index in [1.165, 1.54) is 0 Å². The van der Waals surface area contributed by atoms with Gasteiger partial charge in [0, 0.05) is 12.5 Å². The lowest BCUT2D eigenvalue weighted by atomic mass is 9.74. The normalized spacial score (nSPS) is 17.1. The van der Waals surface area contributed by atoms with Crippen LogP contribution in [0.15, 0.2) is 18.2 Å². The molecule has 0 aliphatic carbocycles. The summed E-state index contributed by atoms with van der Waals surface area (Å²) in [4.78, 5) is 0. The smallest absolute Gasteiger partial charge is 0.468 e. The van der Waals surface area contributed by atoms with Gasteiger partial charge in [-0.1, -0.05) is 47.5 Å². The minimum absolute atomic E-state index is 0.104. The average Bonchev–Trinajstić information content (AvgIpc) is 3.00. The number of halogens is 1. The fourth-order valence-corrected chi connectivity index (χ4v) is 11.0. The standard InChI is InChI=1S/C30H44BFO4Si/c1-19(2)37(20(3)4,21(5)6)14-13-25-27-23(15-22(7)28(25)32)16-24(34-18-33-12)17-26(27)31-35-29(8,9)30(10,11)36-31/h15-17,19-21H,18H2,1-12H3. The fourth-order valence-electron chi connectivity index (χ4n) is 5.75. The number of methoxy groups -OCH3 is 1. The van der Waals surface area contributed by atoms with Gasteiger partial charge in [0.05, 0.1) is 16.8 Å². The Hall–Kier alpha value is -1.85. The van der Waals surface area contributed by atoms with E-state index in [-0.39, 0.29) is 12.6 Å². The van der Waals surface area contributed by atoms with Crippen LogP contribution in [0.1, 0.15) is 80.4 Å². The minimum Gasteiger partial charge on any atom is -0.468 e. The molecule has 1 saturated heterocycles. The van der Waals surface area contributed by atoms with Crippen LogP contribution >= 0.6 is 0 Å². The Kier molecular flexibility index (Phi) is 8.61. The first-order valence-corrected chi connectivity index (χ1v) is 15.6. The van der Waals surface area contributed by atoms with E-state index in [2.05, 4.69) is 53.0 Å². The monoisotopic (exact) mass is 526 g/mol. The molecule has 1 aliphatic heterocycles. The number of ether oxygens (including phenoxy) is 2. The second-order valence-corrected chi connectivity index (χ2v) is 17.9. The summed E-state index contributed by atoms with van der Waals surface area (Å²) >= 11 is 0. The molecule has 7 heteroatoms. The van der Waals surface area contributed by atoms with Crippen LogP contribution in [0.25, 0.3) is 10.8 Å². The van der Waals surface area contributed by atoms with Crippen molar-refractivity contribution in [2.45, 2.75) is 104 Å². The van der Waals surface area contributed by atoms with Crippen molar-refractivity contribution in [3.63, 3.8) is 0 Å². The Morgan fingerprint density at radius 2 is 1.49 bits per heavy atom. The van der Waals surface area contributed by atoms with Crippen molar-refractivity contribution in [3.8, 4) is 17.2 Å². The Bertz CT molecular complexity index is 1170. The lowest BCUT2D eigenvalue weighted by Gasteiger charge is -2.38. The zero-order valence-electron chi connectivity index (χ0n) is 24.8. The van der Waals surface area contributed by atoms with E-state index >= 15 is 4.39 Å². The number of fused-ring (bicyclic) bond motifs is 1. The average molecular weight is 527 g/mol. The van der Waals surface area contributed by atoms with Crippen LogP contribution in [-0.2, 0) is 14.0 Å². The Morgan fingerprint density at radius 1 is 0.946 bits per heavy atom. The Morgan fingerprint density at radius 3 is 1.97 bits per heavy atom. The van der Waals surface area contributed by atoms with Gasteiger partial charge in [-0.25, -0.2) is 4.39 Å². The summed E-state index contributed by atoms with van der Waals surface area (Å²) in [6.45, 7) is 23.5. The van der Waals surface area contributed by atoms with Crippen molar-refractivity contribution < 1.29 is 23.2 Å². The topological polar surface area (TPSA) is 36.9 Å². The number of rotatable bonds is 7. The number of hydrogen-bond donors (Lipinski definition) is 0. The first kappa shape index (κ1) is 29.7. The van der Waals surface area contributed by atoms with Gasteiger partial charge in [0.15, 0.2) is 6.79 Å². The molecule has 1 aliphatic rings. The maximum Gasteiger partial charge on any atom is 0.495 e. The molecular formula is C30H44BFO4Si. The number of aryl methyl sites for hydroxylation is 1. The number of hydrogen-bond acceptors (Lipinski definition) is 4. The summed E-state index contributed by atoms with van der Waals surface area (Å²) in [7, 11) is -1.20. The van der Waals surface area contributed by atoms with Crippen LogP contribution in [0.2, 0.25) is 16.6 Å². The van der Waals surface area contributed by atoms with Crippen LogP contribution in [0.5, 0.6) is 5.75 Å². The molecule has 0 aromatic heterocycles. The molecule has 2 aromatic carbocycles. The molecule has 4 nitrogen and oxygen atoms in total. The SMILES string of the molecule is COCOc1cc(B2OC(C)(C)C(C)(C)O2)c2c(C#C[Si](C(C)C)(C(C)C)C(C)C)c(F)c(C)cc2c1. The molecule has 202 valence electrons. The predicted octanol–water partition coefficient (Wildman–Crippen LogP) is 7.14. The van der Waals surface area contributed by atoms with E-state index in [0.29, 0.717) is 33.5 Å². The highest BCUT2D eigenvalue weighted by Gasteiger charge is 2.52. The second-order valence-electron chi connectivity index (χ2n) is 12.3. The molecule has 0 saturated carbocycles. The first-order chi connectivity index (χ1) is 17.1. The van der Waals surface area contributed by atoms with Crippen molar-refractivity contribution in [1.82, 2.24) is 0 Å². The minimum atomic E-state index is -2.09. The predicted molar refractivity (Wildman–Crippen MR) is 155 cm³/mol. The third-order valence-electron chi connectivity index (χ3n) is 8.48. The third kappa shape index (κ3) is 5.36. The molecule has 0 radical (unpaired) electrons. The molecule has 3 rings (SSSR count). The number of benzene rings is 2. The van der Waals surface area contributed by atoms with Gasteiger partial charge in [0.2, 0.25) is 0 Å². The lowest BCUT2D eigenvalue weighted by Crippen LogP contribution is -2.43. The molecule has 2 aromatic rings. The zero-order chi connectivity index (χ0) is 27.9. The van der Waals surface area contributed by atoms with E-state index in [1.807, 2.05) is 45.9 Å². The molecule has 0 spiro atoms. The van der Waals surface area contributed by atoms with Crippen LogP contribution in [0.3, 0.4) is 0 Å². The fraction of sp³-hybridized carbons (Fsp3) is 0.600. The lowest BCUT2D eigenvalue weighted by molar-refractivity contribution is 0.00578. The highest BCUT2D eigenvalue weighted by atomic mass is 28.3. The third-order valence-corrected chi connectivity index (χ3v) is 14.8. The molecular weight excluding hydrogens is 482 g/mol. The van der Waals surface area contributed by atoms with Crippen LogP contribution in [0, 0.1) is 24.2 Å². The summed E-state index contributed by atoms with van der Waals surface area (Å²) < 4.78 is 39.8. The van der Waals surface area contributed by atoms with E-state index < -0.39 is 26.4 Å². The van der Waals surface area contributed by atoms with Crippen molar-refractivity contribution >= 4 is 31.4 Å². The molecule has 0 N–H and O–H groups in total. The quantitative estimate of drug-likeness (QED) is 0.218. The van der Waals surface area contributed by atoms with Gasteiger partial charge >= 0.3 is 7.12 Å². The van der Waals surface area contributed by atoms with Crippen LogP contribution in [0.4, 0.5) is 4.39 Å². The van der Waals surface area contributed by atoms with Crippen LogP contribution in [-0.4, -0.2) is 40.3 Å². The van der Waals surface area contributed by atoms with Gasteiger partial charge in [-0.15, -0.1) is 5.54 Å². The van der Waals surface area contributed by atoms with Crippen molar-refractivity contribution in [2.24, 2.45) is 0 Å². The highest BCUT2D eigenvalue weighted by Crippen LogP contribution is 2.41. The van der Waals surface area contributed by atoms with Crippen molar-refractivity contribution in [2.75, 3.05) is 13.9 Å². The molecule has 0 unspecified atom stereocenters. The summed E-state index contributed by atoms with van der Waals surface area (Å²) in [5, 5.41) is 1.56.